The van der Waals surface area contributed by atoms with E-state index in [-0.39, 0.29) is 6.54 Å². The van der Waals surface area contributed by atoms with Gasteiger partial charge in [0.25, 0.3) is 0 Å². The van der Waals surface area contributed by atoms with Crippen molar-refractivity contribution in [3.05, 3.63) is 0 Å². The Kier molecular flexibility index (Phi) is 6.20. The van der Waals surface area contributed by atoms with Crippen LogP contribution in [0.3, 0.4) is 0 Å². The summed E-state index contributed by atoms with van der Waals surface area (Å²) in [7, 11) is 0. The van der Waals surface area contributed by atoms with Crippen molar-refractivity contribution >= 4 is 0 Å². The molecule has 0 bridgehead atoms. The molecule has 0 aliphatic rings. The molecule has 0 saturated heterocycles. The second-order valence-corrected chi connectivity index (χ2v) is 3.26. The first-order chi connectivity index (χ1) is 7.59. The maximum Gasteiger partial charge on any atom is 0.423 e. The number of hydrogen-bond donors (Lipinski definition) is 2. The molecule has 0 saturated carbocycles. The third-order valence-electron chi connectivity index (χ3n) is 1.68. The highest BCUT2D eigenvalue weighted by Gasteiger charge is 2.58. The van der Waals surface area contributed by atoms with Crippen molar-refractivity contribution in [2.45, 2.75) is 31.5 Å². The molecule has 0 spiro atoms. The number of aliphatic hydroxyl groups is 1. The van der Waals surface area contributed by atoms with Gasteiger partial charge in [-0.15, -0.1) is 0 Å². The number of likely N-dealkylation sites (N-methyl/N-ethyl adjacent to an activating group) is 1. The molecule has 0 aromatic rings. The van der Waals surface area contributed by atoms with E-state index in [0.29, 0.717) is 6.54 Å². The minimum absolute atomic E-state index is 0.140. The van der Waals surface area contributed by atoms with Gasteiger partial charge in [0.1, 0.15) is 0 Å². The molecule has 0 aliphatic heterocycles. The Balaban J connectivity index is 4.29. The lowest BCUT2D eigenvalue weighted by atomic mass is 10.3. The zero-order valence-corrected chi connectivity index (χ0v) is 8.90. The minimum atomic E-state index is -5.55. The molecule has 0 rings (SSSR count). The summed E-state index contributed by atoms with van der Waals surface area (Å²) in [5.41, 5.74) is 0. The second-order valence-electron chi connectivity index (χ2n) is 3.26. The van der Waals surface area contributed by atoms with Gasteiger partial charge in [-0.1, -0.05) is 6.92 Å². The van der Waals surface area contributed by atoms with E-state index in [0.717, 1.165) is 0 Å². The van der Waals surface area contributed by atoms with Crippen LogP contribution in [0.5, 0.6) is 0 Å². The summed E-state index contributed by atoms with van der Waals surface area (Å²) >= 11 is 0. The number of aliphatic hydroxyl groups excluding tert-OH is 1. The van der Waals surface area contributed by atoms with Crippen molar-refractivity contribution < 1.29 is 36.2 Å². The van der Waals surface area contributed by atoms with Crippen LogP contribution in [0.15, 0.2) is 0 Å². The second kappa shape index (κ2) is 6.41. The summed E-state index contributed by atoms with van der Waals surface area (Å²) in [6.07, 6.45) is -16.4. The van der Waals surface area contributed by atoms with Crippen LogP contribution < -0.4 is 5.32 Å². The van der Waals surface area contributed by atoms with Crippen molar-refractivity contribution in [2.24, 2.45) is 0 Å². The number of rotatable bonds is 6. The predicted octanol–water partition coefficient (Wildman–Crippen LogP) is 1.47. The summed E-state index contributed by atoms with van der Waals surface area (Å²) in [5, 5.41) is 11.6. The average molecular weight is 269 g/mol. The molecule has 3 nitrogen and oxygen atoms in total. The van der Waals surface area contributed by atoms with Crippen LogP contribution in [0.25, 0.3) is 0 Å². The highest BCUT2D eigenvalue weighted by molar-refractivity contribution is 4.76. The van der Waals surface area contributed by atoms with Gasteiger partial charge in [0, 0.05) is 6.54 Å². The van der Waals surface area contributed by atoms with Gasteiger partial charge in [-0.25, -0.2) is 0 Å². The first kappa shape index (κ1) is 16.5. The molecule has 9 heteroatoms. The predicted molar refractivity (Wildman–Crippen MR) is 46.4 cm³/mol. The third kappa shape index (κ3) is 6.69. The van der Waals surface area contributed by atoms with Crippen LogP contribution in [0.2, 0.25) is 0 Å². The van der Waals surface area contributed by atoms with Gasteiger partial charge in [-0.3, -0.25) is 0 Å². The molecule has 1 unspecified atom stereocenters. The molecule has 0 aromatic heterocycles. The van der Waals surface area contributed by atoms with Gasteiger partial charge < -0.3 is 15.2 Å². The molecular formula is C8H13F6NO2. The molecule has 0 amide bonds. The lowest BCUT2D eigenvalue weighted by Gasteiger charge is -2.24. The van der Waals surface area contributed by atoms with Crippen molar-refractivity contribution in [1.82, 2.24) is 5.32 Å². The van der Waals surface area contributed by atoms with E-state index in [1.807, 2.05) is 0 Å². The van der Waals surface area contributed by atoms with Crippen molar-refractivity contribution in [3.8, 4) is 0 Å². The Bertz CT molecular complexity index is 203. The number of hydrogen-bond acceptors (Lipinski definition) is 3. The number of nitrogens with one attached hydrogen (secondary N) is 1. The monoisotopic (exact) mass is 269 g/mol. The van der Waals surface area contributed by atoms with E-state index in [9.17, 15) is 26.3 Å². The summed E-state index contributed by atoms with van der Waals surface area (Å²) in [6.45, 7) is 0.913. The van der Waals surface area contributed by atoms with Crippen molar-refractivity contribution in [3.63, 3.8) is 0 Å². The fourth-order valence-electron chi connectivity index (χ4n) is 0.952. The first-order valence-electron chi connectivity index (χ1n) is 4.72. The van der Waals surface area contributed by atoms with Gasteiger partial charge >= 0.3 is 12.4 Å². The highest BCUT2D eigenvalue weighted by atomic mass is 19.4. The summed E-state index contributed by atoms with van der Waals surface area (Å²) < 4.78 is 75.5. The normalized spacial score (nSPS) is 15.4. The SMILES string of the molecule is CCNCC(O)COC(C(F)(F)F)C(F)(F)F. The number of halogens is 6. The maximum absolute atomic E-state index is 12.0. The number of ether oxygens (including phenoxy) is 1. The molecular weight excluding hydrogens is 256 g/mol. The van der Waals surface area contributed by atoms with E-state index in [4.69, 9.17) is 5.11 Å². The van der Waals surface area contributed by atoms with Crippen molar-refractivity contribution in [2.75, 3.05) is 19.7 Å². The molecule has 0 radical (unpaired) electrons. The molecule has 0 aliphatic carbocycles. The molecule has 2 N–H and O–H groups in total. The van der Waals surface area contributed by atoms with Crippen molar-refractivity contribution in [1.29, 1.82) is 0 Å². The summed E-state index contributed by atoms with van der Waals surface area (Å²) in [6, 6.07) is 0. The molecule has 104 valence electrons. The Labute approximate surface area is 93.7 Å². The number of alkyl halides is 6. The largest absolute Gasteiger partial charge is 0.423 e. The lowest BCUT2D eigenvalue weighted by molar-refractivity contribution is -0.324. The van der Waals surface area contributed by atoms with E-state index in [2.05, 4.69) is 10.1 Å². The molecule has 0 aromatic carbocycles. The van der Waals surface area contributed by atoms with Crippen LogP contribution in [-0.2, 0) is 4.74 Å². The van der Waals surface area contributed by atoms with Crippen LogP contribution in [0.1, 0.15) is 6.92 Å². The Hall–Kier alpha value is -0.540. The fraction of sp³-hybridized carbons (Fsp3) is 1.00. The van der Waals surface area contributed by atoms with E-state index >= 15 is 0 Å². The van der Waals surface area contributed by atoms with E-state index < -0.39 is 31.2 Å². The van der Waals surface area contributed by atoms with Crippen LogP contribution in [-0.4, -0.2) is 49.4 Å². The van der Waals surface area contributed by atoms with E-state index in [1.54, 1.807) is 6.92 Å². The smallest absolute Gasteiger partial charge is 0.389 e. The minimum Gasteiger partial charge on any atom is -0.389 e. The Morgan fingerprint density at radius 3 is 1.94 bits per heavy atom. The standard InChI is InChI=1S/C8H13F6NO2/c1-2-15-3-5(16)4-17-6(7(9,10)11)8(12,13)14/h5-6,15-16H,2-4H2,1H3. The van der Waals surface area contributed by atoms with Crippen LogP contribution >= 0.6 is 0 Å². The van der Waals surface area contributed by atoms with Gasteiger partial charge in [0.2, 0.25) is 6.10 Å². The zero-order chi connectivity index (χ0) is 13.7. The van der Waals surface area contributed by atoms with Gasteiger partial charge in [0.05, 0.1) is 12.7 Å². The molecule has 0 heterocycles. The van der Waals surface area contributed by atoms with E-state index in [1.165, 1.54) is 0 Å². The quantitative estimate of drug-likeness (QED) is 0.717. The zero-order valence-electron chi connectivity index (χ0n) is 8.90. The maximum atomic E-state index is 12.0. The Morgan fingerprint density at radius 2 is 1.59 bits per heavy atom. The van der Waals surface area contributed by atoms with Gasteiger partial charge in [-0.2, -0.15) is 26.3 Å². The van der Waals surface area contributed by atoms with Crippen LogP contribution in [0.4, 0.5) is 26.3 Å². The fourth-order valence-corrected chi connectivity index (χ4v) is 0.952. The van der Waals surface area contributed by atoms with Gasteiger partial charge in [-0.05, 0) is 6.54 Å². The average Bonchev–Trinajstić information content (AvgIpc) is 2.10. The molecule has 1 atom stereocenters. The highest BCUT2D eigenvalue weighted by Crippen LogP contribution is 2.35. The lowest BCUT2D eigenvalue weighted by Crippen LogP contribution is -2.46. The Morgan fingerprint density at radius 1 is 1.12 bits per heavy atom. The van der Waals surface area contributed by atoms with Crippen LogP contribution in [0, 0.1) is 0 Å². The summed E-state index contributed by atoms with van der Waals surface area (Å²) in [5.74, 6) is 0. The third-order valence-corrected chi connectivity index (χ3v) is 1.68. The van der Waals surface area contributed by atoms with Gasteiger partial charge in [0.15, 0.2) is 0 Å². The summed E-state index contributed by atoms with van der Waals surface area (Å²) in [4.78, 5) is 0. The topological polar surface area (TPSA) is 41.5 Å². The first-order valence-corrected chi connectivity index (χ1v) is 4.72. The molecule has 0 fully saturated rings. The molecule has 17 heavy (non-hydrogen) atoms.